The van der Waals surface area contributed by atoms with Crippen molar-refractivity contribution in [3.63, 3.8) is 0 Å². The summed E-state index contributed by atoms with van der Waals surface area (Å²) in [4.78, 5) is 14.0. The molecule has 0 N–H and O–H groups in total. The second kappa shape index (κ2) is 6.73. The smallest absolute Gasteiger partial charge is 0.341 e. The maximum absolute atomic E-state index is 11.7. The average molecular weight is 267 g/mol. The predicted molar refractivity (Wildman–Crippen MR) is 70.0 cm³/mol. The van der Waals surface area contributed by atoms with Gasteiger partial charge in [-0.3, -0.25) is 4.90 Å². The van der Waals surface area contributed by atoms with E-state index in [0.29, 0.717) is 24.7 Å². The summed E-state index contributed by atoms with van der Waals surface area (Å²) in [5.74, 6) is 0.269. The lowest BCUT2D eigenvalue weighted by atomic mass is 10.2. The topological polar surface area (TPSA) is 51.9 Å². The summed E-state index contributed by atoms with van der Waals surface area (Å²) in [6.07, 6.45) is 2.80. The molecule has 1 fully saturated rings. The van der Waals surface area contributed by atoms with Gasteiger partial charge in [-0.05, 0) is 12.0 Å². The van der Waals surface area contributed by atoms with Crippen molar-refractivity contribution >= 4 is 5.97 Å². The number of furan rings is 1. The standard InChI is InChI=1S/C14H21NO4/c1-11(2)7-15-4-6-18-13(8-15)10-19-14(16)12-3-5-17-9-12/h3,5,9,11,13H,4,6-8,10H2,1-2H3. The molecular formula is C14H21NO4. The molecule has 5 heteroatoms. The molecule has 1 atom stereocenters. The zero-order valence-corrected chi connectivity index (χ0v) is 11.5. The lowest BCUT2D eigenvalue weighted by Gasteiger charge is -2.33. The SMILES string of the molecule is CC(C)CN1CCOC(COC(=O)c2ccoc2)C1. The van der Waals surface area contributed by atoms with E-state index < -0.39 is 0 Å². The highest BCUT2D eigenvalue weighted by atomic mass is 16.6. The van der Waals surface area contributed by atoms with Gasteiger partial charge >= 0.3 is 5.97 Å². The van der Waals surface area contributed by atoms with Gasteiger partial charge in [0, 0.05) is 19.6 Å². The van der Waals surface area contributed by atoms with Gasteiger partial charge in [-0.15, -0.1) is 0 Å². The number of carbonyl (C=O) groups excluding carboxylic acids is 1. The molecule has 0 saturated carbocycles. The Morgan fingerprint density at radius 2 is 2.42 bits per heavy atom. The molecule has 5 nitrogen and oxygen atoms in total. The fourth-order valence-electron chi connectivity index (χ4n) is 2.20. The van der Waals surface area contributed by atoms with Gasteiger partial charge in [-0.1, -0.05) is 13.8 Å². The maximum Gasteiger partial charge on any atom is 0.341 e. The highest BCUT2D eigenvalue weighted by Gasteiger charge is 2.22. The molecule has 1 saturated heterocycles. The first-order valence-electron chi connectivity index (χ1n) is 6.68. The van der Waals surface area contributed by atoms with Crippen molar-refractivity contribution in [2.75, 3.05) is 32.8 Å². The van der Waals surface area contributed by atoms with Gasteiger partial charge in [0.2, 0.25) is 0 Å². The number of nitrogens with zero attached hydrogens (tertiary/aromatic N) is 1. The number of hydrogen-bond donors (Lipinski definition) is 0. The van der Waals surface area contributed by atoms with E-state index in [1.807, 2.05) is 0 Å². The number of ether oxygens (including phenoxy) is 2. The zero-order valence-electron chi connectivity index (χ0n) is 11.5. The summed E-state index contributed by atoms with van der Waals surface area (Å²) in [5, 5.41) is 0. The van der Waals surface area contributed by atoms with Crippen molar-refractivity contribution in [2.24, 2.45) is 5.92 Å². The van der Waals surface area contributed by atoms with E-state index >= 15 is 0 Å². The summed E-state index contributed by atoms with van der Waals surface area (Å²) >= 11 is 0. The largest absolute Gasteiger partial charge is 0.472 e. The van der Waals surface area contributed by atoms with Crippen LogP contribution in [0, 0.1) is 5.92 Å². The van der Waals surface area contributed by atoms with Gasteiger partial charge in [-0.2, -0.15) is 0 Å². The van der Waals surface area contributed by atoms with Crippen LogP contribution in [-0.2, 0) is 9.47 Å². The van der Waals surface area contributed by atoms with Gasteiger partial charge in [0.05, 0.1) is 18.4 Å². The molecule has 1 aromatic heterocycles. The van der Waals surface area contributed by atoms with Crippen LogP contribution in [0.2, 0.25) is 0 Å². The highest BCUT2D eigenvalue weighted by molar-refractivity contribution is 5.88. The Bertz CT molecular complexity index is 388. The highest BCUT2D eigenvalue weighted by Crippen LogP contribution is 2.10. The van der Waals surface area contributed by atoms with Gasteiger partial charge < -0.3 is 13.9 Å². The van der Waals surface area contributed by atoms with Crippen molar-refractivity contribution in [2.45, 2.75) is 20.0 Å². The number of esters is 1. The molecule has 1 aliphatic heterocycles. The molecule has 0 aliphatic carbocycles. The van der Waals surface area contributed by atoms with Crippen molar-refractivity contribution in [1.82, 2.24) is 4.90 Å². The molecule has 106 valence electrons. The Hall–Kier alpha value is -1.33. The van der Waals surface area contributed by atoms with Crippen LogP contribution >= 0.6 is 0 Å². The molecule has 19 heavy (non-hydrogen) atoms. The first-order chi connectivity index (χ1) is 9.15. The molecule has 2 rings (SSSR count). The monoisotopic (exact) mass is 267 g/mol. The van der Waals surface area contributed by atoms with E-state index in [1.165, 1.54) is 12.5 Å². The van der Waals surface area contributed by atoms with Crippen LogP contribution < -0.4 is 0 Å². The average Bonchev–Trinajstić information content (AvgIpc) is 2.89. The normalized spacial score (nSPS) is 20.7. The van der Waals surface area contributed by atoms with Gasteiger partial charge in [0.25, 0.3) is 0 Å². The van der Waals surface area contributed by atoms with E-state index in [2.05, 4.69) is 18.7 Å². The molecule has 0 radical (unpaired) electrons. The lowest BCUT2D eigenvalue weighted by molar-refractivity contribution is -0.0612. The van der Waals surface area contributed by atoms with Crippen LogP contribution in [0.15, 0.2) is 23.0 Å². The number of carbonyl (C=O) groups is 1. The maximum atomic E-state index is 11.7. The fraction of sp³-hybridized carbons (Fsp3) is 0.643. The third-order valence-electron chi connectivity index (χ3n) is 3.00. The molecule has 1 aromatic rings. The van der Waals surface area contributed by atoms with E-state index in [-0.39, 0.29) is 12.1 Å². The first-order valence-corrected chi connectivity index (χ1v) is 6.68. The van der Waals surface area contributed by atoms with Crippen LogP contribution in [0.3, 0.4) is 0 Å². The van der Waals surface area contributed by atoms with Crippen molar-refractivity contribution in [3.05, 3.63) is 24.2 Å². The van der Waals surface area contributed by atoms with E-state index in [4.69, 9.17) is 13.9 Å². The summed E-state index contributed by atoms with van der Waals surface area (Å²) in [6.45, 7) is 8.20. The second-order valence-electron chi connectivity index (χ2n) is 5.26. The molecule has 0 bridgehead atoms. The third kappa shape index (κ3) is 4.36. The van der Waals surface area contributed by atoms with Crippen LogP contribution in [0.1, 0.15) is 24.2 Å². The molecule has 0 aromatic carbocycles. The number of morpholine rings is 1. The minimum Gasteiger partial charge on any atom is -0.472 e. The Labute approximate surface area is 113 Å². The molecule has 2 heterocycles. The summed E-state index contributed by atoms with van der Waals surface area (Å²) < 4.78 is 15.7. The summed E-state index contributed by atoms with van der Waals surface area (Å²) in [7, 11) is 0. The quantitative estimate of drug-likeness (QED) is 0.761. The summed E-state index contributed by atoms with van der Waals surface area (Å²) in [6, 6.07) is 1.59. The van der Waals surface area contributed by atoms with Crippen molar-refractivity contribution < 1.29 is 18.7 Å². The van der Waals surface area contributed by atoms with Crippen LogP contribution in [0.25, 0.3) is 0 Å². The molecule has 0 spiro atoms. The number of rotatable bonds is 5. The molecule has 0 amide bonds. The van der Waals surface area contributed by atoms with E-state index in [1.54, 1.807) is 6.07 Å². The molecule has 1 unspecified atom stereocenters. The van der Waals surface area contributed by atoms with Gasteiger partial charge in [-0.25, -0.2) is 4.79 Å². The van der Waals surface area contributed by atoms with Crippen molar-refractivity contribution in [1.29, 1.82) is 0 Å². The Morgan fingerprint density at radius 1 is 1.58 bits per heavy atom. The third-order valence-corrected chi connectivity index (χ3v) is 3.00. The van der Waals surface area contributed by atoms with Crippen LogP contribution in [0.4, 0.5) is 0 Å². The summed E-state index contributed by atoms with van der Waals surface area (Å²) in [5.41, 5.74) is 0.440. The first kappa shape index (κ1) is 14.1. The minimum atomic E-state index is -0.363. The Morgan fingerprint density at radius 3 is 3.11 bits per heavy atom. The van der Waals surface area contributed by atoms with Crippen LogP contribution in [-0.4, -0.2) is 49.8 Å². The zero-order chi connectivity index (χ0) is 13.7. The van der Waals surface area contributed by atoms with Gasteiger partial charge in [0.15, 0.2) is 0 Å². The second-order valence-corrected chi connectivity index (χ2v) is 5.26. The van der Waals surface area contributed by atoms with E-state index in [0.717, 1.165) is 19.6 Å². The molecule has 1 aliphatic rings. The predicted octanol–water partition coefficient (Wildman–Crippen LogP) is 1.79. The Balaban J connectivity index is 1.75. The number of hydrogen-bond acceptors (Lipinski definition) is 5. The fourth-order valence-corrected chi connectivity index (χ4v) is 2.20. The Kier molecular flexibility index (Phi) is 4.99. The minimum absolute atomic E-state index is 0.0386. The van der Waals surface area contributed by atoms with Gasteiger partial charge in [0.1, 0.15) is 19.0 Å². The lowest BCUT2D eigenvalue weighted by Crippen LogP contribution is -2.45. The molecular weight excluding hydrogens is 246 g/mol. The van der Waals surface area contributed by atoms with Crippen LogP contribution in [0.5, 0.6) is 0 Å². The van der Waals surface area contributed by atoms with E-state index in [9.17, 15) is 4.79 Å². The van der Waals surface area contributed by atoms with Crippen molar-refractivity contribution in [3.8, 4) is 0 Å².